The van der Waals surface area contributed by atoms with E-state index in [0.29, 0.717) is 0 Å². The number of methoxy groups -OCH3 is 1. The van der Waals surface area contributed by atoms with E-state index in [9.17, 15) is 4.79 Å². The van der Waals surface area contributed by atoms with E-state index in [4.69, 9.17) is 4.74 Å². The average Bonchev–Trinajstić information content (AvgIpc) is 2.68. The lowest BCUT2D eigenvalue weighted by atomic mass is 9.83. The molecular formula is C21H26N2O2. The molecule has 1 heterocycles. The van der Waals surface area contributed by atoms with Crippen molar-refractivity contribution in [2.45, 2.75) is 19.3 Å². The summed E-state index contributed by atoms with van der Waals surface area (Å²) in [6.07, 6.45) is 0. The monoisotopic (exact) mass is 338 g/mol. The van der Waals surface area contributed by atoms with Gasteiger partial charge < -0.3 is 14.5 Å². The molecule has 2 aromatic rings. The van der Waals surface area contributed by atoms with Gasteiger partial charge in [0.1, 0.15) is 5.75 Å². The highest BCUT2D eigenvalue weighted by molar-refractivity contribution is 5.87. The van der Waals surface area contributed by atoms with E-state index in [0.717, 1.165) is 37.5 Å². The molecule has 1 fully saturated rings. The number of rotatable bonds is 4. The smallest absolute Gasteiger partial charge is 0.232 e. The summed E-state index contributed by atoms with van der Waals surface area (Å²) in [4.78, 5) is 17.3. The van der Waals surface area contributed by atoms with Crippen LogP contribution >= 0.6 is 0 Å². The first kappa shape index (κ1) is 17.3. The minimum absolute atomic E-state index is 0.202. The number of benzene rings is 2. The third kappa shape index (κ3) is 3.63. The summed E-state index contributed by atoms with van der Waals surface area (Å²) in [6.45, 7) is 7.23. The molecule has 4 heteroatoms. The van der Waals surface area contributed by atoms with Crippen LogP contribution in [0.4, 0.5) is 5.69 Å². The van der Waals surface area contributed by atoms with Crippen molar-refractivity contribution < 1.29 is 9.53 Å². The highest BCUT2D eigenvalue weighted by Crippen LogP contribution is 2.27. The second-order valence-corrected chi connectivity index (χ2v) is 6.97. The molecule has 0 aromatic heterocycles. The molecule has 0 aliphatic carbocycles. The number of amides is 1. The molecule has 0 saturated carbocycles. The van der Waals surface area contributed by atoms with Crippen LogP contribution in [-0.4, -0.2) is 44.1 Å². The van der Waals surface area contributed by atoms with Crippen molar-refractivity contribution in [3.05, 3.63) is 60.2 Å². The van der Waals surface area contributed by atoms with Gasteiger partial charge in [0.15, 0.2) is 0 Å². The third-order valence-corrected chi connectivity index (χ3v) is 5.03. The Kier molecular flexibility index (Phi) is 4.98. The Morgan fingerprint density at radius 2 is 1.52 bits per heavy atom. The number of piperazine rings is 1. The van der Waals surface area contributed by atoms with Crippen LogP contribution in [0.1, 0.15) is 19.4 Å². The summed E-state index contributed by atoms with van der Waals surface area (Å²) in [7, 11) is 1.67. The lowest BCUT2D eigenvalue weighted by molar-refractivity contribution is -0.136. The quantitative estimate of drug-likeness (QED) is 0.857. The van der Waals surface area contributed by atoms with E-state index in [1.54, 1.807) is 7.11 Å². The zero-order valence-electron chi connectivity index (χ0n) is 15.2. The molecule has 2 aromatic carbocycles. The fraction of sp³-hybridized carbons (Fsp3) is 0.381. The van der Waals surface area contributed by atoms with Gasteiger partial charge in [0.25, 0.3) is 0 Å². The number of ether oxygens (including phenoxy) is 1. The number of anilines is 1. The molecule has 0 bridgehead atoms. The third-order valence-electron chi connectivity index (χ3n) is 5.03. The first-order valence-corrected chi connectivity index (χ1v) is 8.76. The predicted molar refractivity (Wildman–Crippen MR) is 101 cm³/mol. The molecule has 3 rings (SSSR count). The summed E-state index contributed by atoms with van der Waals surface area (Å²) in [5, 5.41) is 0. The zero-order valence-corrected chi connectivity index (χ0v) is 15.2. The molecule has 0 spiro atoms. The minimum Gasteiger partial charge on any atom is -0.497 e. The van der Waals surface area contributed by atoms with Gasteiger partial charge in [-0.2, -0.15) is 0 Å². The van der Waals surface area contributed by atoms with Crippen LogP contribution in [0, 0.1) is 0 Å². The van der Waals surface area contributed by atoms with Gasteiger partial charge in [-0.05, 0) is 43.7 Å². The van der Waals surface area contributed by atoms with Crippen molar-refractivity contribution in [3.63, 3.8) is 0 Å². The molecule has 0 atom stereocenters. The molecule has 25 heavy (non-hydrogen) atoms. The van der Waals surface area contributed by atoms with Gasteiger partial charge in [-0.25, -0.2) is 0 Å². The summed E-state index contributed by atoms with van der Waals surface area (Å²) >= 11 is 0. The number of hydrogen-bond acceptors (Lipinski definition) is 3. The molecule has 0 unspecified atom stereocenters. The Hall–Kier alpha value is -2.49. The van der Waals surface area contributed by atoms with Crippen LogP contribution in [-0.2, 0) is 10.2 Å². The van der Waals surface area contributed by atoms with E-state index in [1.807, 2.05) is 61.2 Å². The molecule has 0 N–H and O–H groups in total. The lowest BCUT2D eigenvalue weighted by Gasteiger charge is -2.39. The Morgan fingerprint density at radius 3 is 2.08 bits per heavy atom. The Bertz CT molecular complexity index is 702. The number of carbonyl (C=O) groups excluding carboxylic acids is 1. The lowest BCUT2D eigenvalue weighted by Crippen LogP contribution is -2.53. The summed E-state index contributed by atoms with van der Waals surface area (Å²) in [6, 6.07) is 18.1. The maximum atomic E-state index is 13.0. The first-order valence-electron chi connectivity index (χ1n) is 8.76. The summed E-state index contributed by atoms with van der Waals surface area (Å²) < 4.78 is 5.21. The maximum Gasteiger partial charge on any atom is 0.232 e. The standard InChI is InChI=1S/C21H26N2O2/c1-21(2,17-7-5-4-6-8-17)20(24)23-15-13-22(14-16-23)18-9-11-19(25-3)12-10-18/h4-12H,13-16H2,1-3H3. The molecule has 1 amide bonds. The van der Waals surface area contributed by atoms with E-state index in [-0.39, 0.29) is 5.91 Å². The van der Waals surface area contributed by atoms with Crippen LogP contribution < -0.4 is 9.64 Å². The molecular weight excluding hydrogens is 312 g/mol. The second kappa shape index (κ2) is 7.18. The van der Waals surface area contributed by atoms with Gasteiger partial charge in [-0.3, -0.25) is 4.79 Å². The van der Waals surface area contributed by atoms with Crippen molar-refractivity contribution in [3.8, 4) is 5.75 Å². The Labute approximate surface area is 150 Å². The van der Waals surface area contributed by atoms with Crippen LogP contribution in [0.5, 0.6) is 5.75 Å². The largest absolute Gasteiger partial charge is 0.497 e. The molecule has 4 nitrogen and oxygen atoms in total. The summed E-state index contributed by atoms with van der Waals surface area (Å²) in [5.74, 6) is 1.07. The second-order valence-electron chi connectivity index (χ2n) is 6.97. The van der Waals surface area contributed by atoms with Crippen LogP contribution in [0.2, 0.25) is 0 Å². The SMILES string of the molecule is COc1ccc(N2CCN(C(=O)C(C)(C)c3ccccc3)CC2)cc1. The van der Waals surface area contributed by atoms with Gasteiger partial charge >= 0.3 is 0 Å². The van der Waals surface area contributed by atoms with Crippen molar-refractivity contribution in [2.24, 2.45) is 0 Å². The highest BCUT2D eigenvalue weighted by atomic mass is 16.5. The predicted octanol–water partition coefficient (Wildman–Crippen LogP) is 3.32. The topological polar surface area (TPSA) is 32.8 Å². The summed E-state index contributed by atoms with van der Waals surface area (Å²) in [5.41, 5.74) is 1.75. The normalized spacial score (nSPS) is 15.2. The van der Waals surface area contributed by atoms with Crippen molar-refractivity contribution in [1.82, 2.24) is 4.90 Å². The highest BCUT2D eigenvalue weighted by Gasteiger charge is 2.35. The zero-order chi connectivity index (χ0) is 17.9. The van der Waals surface area contributed by atoms with Crippen molar-refractivity contribution in [2.75, 3.05) is 38.2 Å². The molecule has 1 aliphatic heterocycles. The molecule has 1 saturated heterocycles. The Balaban J connectivity index is 1.64. The number of nitrogens with zero attached hydrogens (tertiary/aromatic N) is 2. The molecule has 132 valence electrons. The van der Waals surface area contributed by atoms with E-state index < -0.39 is 5.41 Å². The van der Waals surface area contributed by atoms with Gasteiger partial charge in [0, 0.05) is 31.9 Å². The number of carbonyl (C=O) groups is 1. The first-order chi connectivity index (χ1) is 12.0. The van der Waals surface area contributed by atoms with Crippen LogP contribution in [0.3, 0.4) is 0 Å². The minimum atomic E-state index is -0.496. The van der Waals surface area contributed by atoms with Gasteiger partial charge in [0.2, 0.25) is 5.91 Å². The van der Waals surface area contributed by atoms with Gasteiger partial charge in [-0.1, -0.05) is 30.3 Å². The van der Waals surface area contributed by atoms with E-state index in [1.165, 1.54) is 5.69 Å². The Morgan fingerprint density at radius 1 is 0.920 bits per heavy atom. The van der Waals surface area contributed by atoms with Gasteiger partial charge in [0.05, 0.1) is 12.5 Å². The maximum absolute atomic E-state index is 13.0. The fourth-order valence-electron chi connectivity index (χ4n) is 3.33. The van der Waals surface area contributed by atoms with Crippen molar-refractivity contribution in [1.29, 1.82) is 0 Å². The van der Waals surface area contributed by atoms with E-state index in [2.05, 4.69) is 17.0 Å². The van der Waals surface area contributed by atoms with Gasteiger partial charge in [-0.15, -0.1) is 0 Å². The molecule has 1 aliphatic rings. The van der Waals surface area contributed by atoms with Crippen LogP contribution in [0.25, 0.3) is 0 Å². The number of hydrogen-bond donors (Lipinski definition) is 0. The molecule has 0 radical (unpaired) electrons. The van der Waals surface area contributed by atoms with E-state index >= 15 is 0 Å². The fourth-order valence-corrected chi connectivity index (χ4v) is 3.33. The van der Waals surface area contributed by atoms with Crippen LogP contribution in [0.15, 0.2) is 54.6 Å². The van der Waals surface area contributed by atoms with Crippen molar-refractivity contribution >= 4 is 11.6 Å². The average molecular weight is 338 g/mol.